The fraction of sp³-hybridized carbons (Fsp3) is 0.333. The predicted octanol–water partition coefficient (Wildman–Crippen LogP) is 4.07. The van der Waals surface area contributed by atoms with E-state index in [0.717, 1.165) is 25.3 Å². The fourth-order valence-electron chi connectivity index (χ4n) is 2.12. The molecule has 2 rings (SSSR count). The van der Waals surface area contributed by atoms with E-state index in [9.17, 15) is 0 Å². The van der Waals surface area contributed by atoms with Gasteiger partial charge in [0.1, 0.15) is 12.4 Å². The van der Waals surface area contributed by atoms with Crippen molar-refractivity contribution in [3.8, 4) is 5.75 Å². The van der Waals surface area contributed by atoms with Gasteiger partial charge in [-0.1, -0.05) is 48.9 Å². The topological polar surface area (TPSA) is 21.3 Å². The van der Waals surface area contributed by atoms with Crippen LogP contribution < -0.4 is 10.1 Å². The van der Waals surface area contributed by atoms with Gasteiger partial charge in [-0.2, -0.15) is 0 Å². The largest absolute Gasteiger partial charge is 0.489 e. The van der Waals surface area contributed by atoms with E-state index in [1.165, 1.54) is 16.7 Å². The van der Waals surface area contributed by atoms with E-state index in [1.807, 2.05) is 6.07 Å². The third kappa shape index (κ3) is 4.71. The highest BCUT2D eigenvalue weighted by Gasteiger charge is 1.99. The highest BCUT2D eigenvalue weighted by Crippen LogP contribution is 2.15. The summed E-state index contributed by atoms with van der Waals surface area (Å²) in [6, 6.07) is 16.7. The number of hydrogen-bond acceptors (Lipinski definition) is 2. The molecule has 0 bridgehead atoms. The number of rotatable bonds is 7. The van der Waals surface area contributed by atoms with Crippen molar-refractivity contribution in [1.29, 1.82) is 0 Å². The Morgan fingerprint density at radius 3 is 2.60 bits per heavy atom. The average molecular weight is 269 g/mol. The van der Waals surface area contributed by atoms with Crippen LogP contribution in [-0.4, -0.2) is 6.54 Å². The van der Waals surface area contributed by atoms with E-state index < -0.39 is 0 Å². The lowest BCUT2D eigenvalue weighted by Crippen LogP contribution is -2.13. The second-order valence-electron chi connectivity index (χ2n) is 5.10. The first-order valence-electron chi connectivity index (χ1n) is 7.26. The first kappa shape index (κ1) is 14.6. The highest BCUT2D eigenvalue weighted by atomic mass is 16.5. The molecule has 2 heteroatoms. The molecule has 0 heterocycles. The maximum Gasteiger partial charge on any atom is 0.120 e. The Labute approximate surface area is 121 Å². The molecule has 106 valence electrons. The zero-order valence-corrected chi connectivity index (χ0v) is 12.4. The van der Waals surface area contributed by atoms with Crippen molar-refractivity contribution in [3.05, 3.63) is 65.2 Å². The summed E-state index contributed by atoms with van der Waals surface area (Å²) < 4.78 is 5.87. The van der Waals surface area contributed by atoms with Crippen molar-refractivity contribution in [3.63, 3.8) is 0 Å². The maximum atomic E-state index is 5.87. The molecule has 2 aromatic carbocycles. The lowest BCUT2D eigenvalue weighted by Gasteiger charge is -2.09. The van der Waals surface area contributed by atoms with Crippen LogP contribution in [0.4, 0.5) is 0 Å². The van der Waals surface area contributed by atoms with Crippen molar-refractivity contribution < 1.29 is 4.74 Å². The van der Waals surface area contributed by atoms with Crippen LogP contribution in [-0.2, 0) is 13.2 Å². The molecule has 0 amide bonds. The van der Waals surface area contributed by atoms with Crippen molar-refractivity contribution in [1.82, 2.24) is 5.32 Å². The van der Waals surface area contributed by atoms with Crippen molar-refractivity contribution >= 4 is 0 Å². The Morgan fingerprint density at radius 1 is 1.00 bits per heavy atom. The molecule has 0 saturated carbocycles. The maximum absolute atomic E-state index is 5.87. The van der Waals surface area contributed by atoms with Crippen LogP contribution in [0.3, 0.4) is 0 Å². The van der Waals surface area contributed by atoms with E-state index in [-0.39, 0.29) is 0 Å². The molecule has 20 heavy (non-hydrogen) atoms. The Morgan fingerprint density at radius 2 is 1.80 bits per heavy atom. The van der Waals surface area contributed by atoms with Gasteiger partial charge >= 0.3 is 0 Å². The quantitative estimate of drug-likeness (QED) is 0.765. The van der Waals surface area contributed by atoms with Gasteiger partial charge in [0, 0.05) is 6.54 Å². The molecule has 0 saturated heterocycles. The van der Waals surface area contributed by atoms with Crippen LogP contribution in [0, 0.1) is 6.92 Å². The van der Waals surface area contributed by atoms with Crippen LogP contribution in [0.5, 0.6) is 5.75 Å². The minimum Gasteiger partial charge on any atom is -0.489 e. The summed E-state index contributed by atoms with van der Waals surface area (Å²) in [6.07, 6.45) is 1.16. The summed E-state index contributed by atoms with van der Waals surface area (Å²) in [5.41, 5.74) is 3.74. The smallest absolute Gasteiger partial charge is 0.120 e. The van der Waals surface area contributed by atoms with Gasteiger partial charge in [0.25, 0.3) is 0 Å². The molecule has 0 spiro atoms. The molecule has 0 unspecified atom stereocenters. The number of aryl methyl sites for hydroxylation is 1. The summed E-state index contributed by atoms with van der Waals surface area (Å²) >= 11 is 0. The molecule has 0 aliphatic rings. The Kier molecular flexibility index (Phi) is 5.63. The molecule has 0 radical (unpaired) electrons. The standard InChI is InChI=1S/C18H23NO/c1-3-10-19-13-16-7-5-9-18(12-16)20-14-17-8-4-6-15(2)11-17/h4-9,11-12,19H,3,10,13-14H2,1-2H3. The molecule has 0 aliphatic heterocycles. The molecular formula is C18H23NO. The van der Waals surface area contributed by atoms with E-state index in [0.29, 0.717) is 6.61 Å². The Bertz CT molecular complexity index is 536. The third-order valence-electron chi connectivity index (χ3n) is 3.14. The zero-order valence-electron chi connectivity index (χ0n) is 12.4. The second-order valence-corrected chi connectivity index (χ2v) is 5.10. The van der Waals surface area contributed by atoms with Gasteiger partial charge in [-0.3, -0.25) is 0 Å². The zero-order chi connectivity index (χ0) is 14.2. The van der Waals surface area contributed by atoms with Crippen molar-refractivity contribution in [2.75, 3.05) is 6.54 Å². The summed E-state index contributed by atoms with van der Waals surface area (Å²) in [5.74, 6) is 0.933. The highest BCUT2D eigenvalue weighted by molar-refractivity contribution is 5.29. The molecule has 0 aliphatic carbocycles. The number of hydrogen-bond donors (Lipinski definition) is 1. The predicted molar refractivity (Wildman–Crippen MR) is 84.0 cm³/mol. The molecular weight excluding hydrogens is 246 g/mol. The molecule has 0 fully saturated rings. The molecule has 2 nitrogen and oxygen atoms in total. The first-order valence-corrected chi connectivity index (χ1v) is 7.26. The van der Waals surface area contributed by atoms with Gasteiger partial charge in [-0.25, -0.2) is 0 Å². The average Bonchev–Trinajstić information content (AvgIpc) is 2.46. The van der Waals surface area contributed by atoms with E-state index >= 15 is 0 Å². The Balaban J connectivity index is 1.91. The van der Waals surface area contributed by atoms with Gasteiger partial charge in [-0.05, 0) is 43.1 Å². The number of benzene rings is 2. The van der Waals surface area contributed by atoms with E-state index in [2.05, 4.69) is 61.6 Å². The van der Waals surface area contributed by atoms with E-state index in [4.69, 9.17) is 4.74 Å². The lowest BCUT2D eigenvalue weighted by molar-refractivity contribution is 0.306. The molecule has 0 aromatic heterocycles. The summed E-state index contributed by atoms with van der Waals surface area (Å²) in [6.45, 7) is 6.84. The molecule has 2 aromatic rings. The van der Waals surface area contributed by atoms with Crippen LogP contribution in [0.25, 0.3) is 0 Å². The first-order chi connectivity index (χ1) is 9.78. The third-order valence-corrected chi connectivity index (χ3v) is 3.14. The summed E-state index contributed by atoms with van der Waals surface area (Å²) in [5, 5.41) is 3.40. The SMILES string of the molecule is CCCNCc1cccc(OCc2cccc(C)c2)c1. The van der Waals surface area contributed by atoms with Gasteiger partial charge in [-0.15, -0.1) is 0 Å². The Hall–Kier alpha value is -1.80. The molecule has 0 atom stereocenters. The lowest BCUT2D eigenvalue weighted by atomic mass is 10.1. The van der Waals surface area contributed by atoms with Crippen LogP contribution in [0.15, 0.2) is 48.5 Å². The minimum absolute atomic E-state index is 0.619. The molecule has 1 N–H and O–H groups in total. The summed E-state index contributed by atoms with van der Waals surface area (Å²) in [4.78, 5) is 0. The second kappa shape index (κ2) is 7.71. The van der Waals surface area contributed by atoms with Gasteiger partial charge in [0.15, 0.2) is 0 Å². The summed E-state index contributed by atoms with van der Waals surface area (Å²) in [7, 11) is 0. The van der Waals surface area contributed by atoms with Gasteiger partial charge in [0.2, 0.25) is 0 Å². The van der Waals surface area contributed by atoms with Crippen molar-refractivity contribution in [2.45, 2.75) is 33.4 Å². The minimum atomic E-state index is 0.619. The van der Waals surface area contributed by atoms with Gasteiger partial charge < -0.3 is 10.1 Å². The van der Waals surface area contributed by atoms with Crippen LogP contribution >= 0.6 is 0 Å². The number of ether oxygens (including phenoxy) is 1. The fourth-order valence-corrected chi connectivity index (χ4v) is 2.12. The number of nitrogens with one attached hydrogen (secondary N) is 1. The van der Waals surface area contributed by atoms with Crippen molar-refractivity contribution in [2.24, 2.45) is 0 Å². The normalized spacial score (nSPS) is 10.5. The van der Waals surface area contributed by atoms with Crippen LogP contribution in [0.2, 0.25) is 0 Å². The monoisotopic (exact) mass is 269 g/mol. The van der Waals surface area contributed by atoms with E-state index in [1.54, 1.807) is 0 Å². The van der Waals surface area contributed by atoms with Gasteiger partial charge in [0.05, 0.1) is 0 Å². The van der Waals surface area contributed by atoms with Crippen LogP contribution in [0.1, 0.15) is 30.0 Å².